The zero-order valence-electron chi connectivity index (χ0n) is 11.0. The monoisotopic (exact) mass is 284 g/mol. The average Bonchev–Trinajstić information content (AvgIpc) is 2.46. The van der Waals surface area contributed by atoms with Crippen LogP contribution in [0.2, 0.25) is 0 Å². The summed E-state index contributed by atoms with van der Waals surface area (Å²) in [5.41, 5.74) is 8.20. The van der Waals surface area contributed by atoms with Crippen LogP contribution in [-0.2, 0) is 12.8 Å². The van der Waals surface area contributed by atoms with Crippen LogP contribution >= 0.6 is 12.2 Å². The molecule has 3 nitrogen and oxygen atoms in total. The minimum atomic E-state index is -0.249. The zero-order valence-corrected chi connectivity index (χ0v) is 11.8. The highest BCUT2D eigenvalue weighted by Gasteiger charge is 2.11. The first-order chi connectivity index (χ1) is 9.66. The van der Waals surface area contributed by atoms with Crippen LogP contribution in [0.3, 0.4) is 0 Å². The van der Waals surface area contributed by atoms with E-state index in [2.05, 4.69) is 17.4 Å². The largest absolute Gasteiger partial charge is 0.376 e. The minimum Gasteiger partial charge on any atom is -0.376 e. The molecule has 0 spiro atoms. The number of nitrogens with one attached hydrogen (secondary N) is 1. The number of carbonyl (C=O) groups is 1. The molecular formula is C16H16N2OS. The van der Waals surface area contributed by atoms with Gasteiger partial charge >= 0.3 is 0 Å². The summed E-state index contributed by atoms with van der Waals surface area (Å²) in [5, 5.41) is 2.46. The van der Waals surface area contributed by atoms with E-state index < -0.39 is 0 Å². The fraction of sp³-hybridized carbons (Fsp3) is 0.125. The second-order valence-corrected chi connectivity index (χ2v) is 4.90. The Balaban J connectivity index is 2.12. The maximum atomic E-state index is 12.0. The van der Waals surface area contributed by atoms with Crippen molar-refractivity contribution in [3.63, 3.8) is 0 Å². The molecule has 0 saturated heterocycles. The molecule has 4 heteroatoms. The molecule has 0 fully saturated rings. The van der Waals surface area contributed by atoms with Crippen molar-refractivity contribution >= 4 is 23.2 Å². The Kier molecular flexibility index (Phi) is 4.85. The fourth-order valence-electron chi connectivity index (χ4n) is 2.06. The molecule has 2 aromatic rings. The second-order valence-electron chi connectivity index (χ2n) is 4.46. The number of carbonyl (C=O) groups excluding carboxylic acids is 1. The molecule has 102 valence electrons. The van der Waals surface area contributed by atoms with Crippen molar-refractivity contribution in [1.82, 2.24) is 5.32 Å². The Morgan fingerprint density at radius 1 is 1.00 bits per heavy atom. The number of aryl methyl sites for hydroxylation is 2. The molecule has 2 aromatic carbocycles. The first kappa shape index (κ1) is 14.2. The molecule has 0 heterocycles. The SMILES string of the molecule is NC(=S)NC(=O)c1ccccc1CCc1ccccc1. The van der Waals surface area contributed by atoms with Crippen molar-refractivity contribution in [1.29, 1.82) is 0 Å². The van der Waals surface area contributed by atoms with Crippen molar-refractivity contribution in [3.8, 4) is 0 Å². The summed E-state index contributed by atoms with van der Waals surface area (Å²) in [4.78, 5) is 12.0. The molecule has 0 saturated carbocycles. The van der Waals surface area contributed by atoms with Crippen molar-refractivity contribution < 1.29 is 4.79 Å². The number of benzene rings is 2. The standard InChI is InChI=1S/C16H16N2OS/c17-16(20)18-15(19)14-9-5-4-8-13(14)11-10-12-6-2-1-3-7-12/h1-9H,10-11H2,(H3,17,18,19,20). The molecule has 0 aromatic heterocycles. The number of hydrogen-bond acceptors (Lipinski definition) is 2. The van der Waals surface area contributed by atoms with Crippen LogP contribution in [0, 0.1) is 0 Å². The van der Waals surface area contributed by atoms with Crippen LogP contribution in [-0.4, -0.2) is 11.0 Å². The van der Waals surface area contributed by atoms with Gasteiger partial charge < -0.3 is 5.73 Å². The van der Waals surface area contributed by atoms with E-state index in [-0.39, 0.29) is 11.0 Å². The molecule has 0 atom stereocenters. The maximum absolute atomic E-state index is 12.0. The predicted octanol–water partition coefficient (Wildman–Crippen LogP) is 2.45. The van der Waals surface area contributed by atoms with Crippen LogP contribution in [0.4, 0.5) is 0 Å². The van der Waals surface area contributed by atoms with Gasteiger partial charge in [-0.2, -0.15) is 0 Å². The van der Waals surface area contributed by atoms with Crippen molar-refractivity contribution in [2.45, 2.75) is 12.8 Å². The Morgan fingerprint density at radius 3 is 2.35 bits per heavy atom. The topological polar surface area (TPSA) is 55.1 Å². The summed E-state index contributed by atoms with van der Waals surface area (Å²) >= 11 is 4.70. The number of hydrogen-bond donors (Lipinski definition) is 2. The second kappa shape index (κ2) is 6.82. The number of rotatable bonds is 4. The lowest BCUT2D eigenvalue weighted by Gasteiger charge is -2.09. The Labute approximate surface area is 123 Å². The third-order valence-electron chi connectivity index (χ3n) is 3.02. The summed E-state index contributed by atoms with van der Waals surface area (Å²) < 4.78 is 0. The smallest absolute Gasteiger partial charge is 0.257 e. The fourth-order valence-corrected chi connectivity index (χ4v) is 2.16. The Hall–Kier alpha value is -2.20. The Bertz CT molecular complexity index is 611. The quantitative estimate of drug-likeness (QED) is 0.848. The summed E-state index contributed by atoms with van der Waals surface area (Å²) in [5.74, 6) is -0.249. The van der Waals surface area contributed by atoms with Gasteiger partial charge in [-0.1, -0.05) is 48.5 Å². The van der Waals surface area contributed by atoms with E-state index in [1.54, 1.807) is 6.07 Å². The van der Waals surface area contributed by atoms with Crippen molar-refractivity contribution in [3.05, 3.63) is 71.3 Å². The first-order valence-electron chi connectivity index (χ1n) is 6.39. The Morgan fingerprint density at radius 2 is 1.65 bits per heavy atom. The normalized spacial score (nSPS) is 10.0. The van der Waals surface area contributed by atoms with Crippen molar-refractivity contribution in [2.24, 2.45) is 5.73 Å². The highest BCUT2D eigenvalue weighted by atomic mass is 32.1. The average molecular weight is 284 g/mol. The lowest BCUT2D eigenvalue weighted by atomic mass is 9.99. The van der Waals surface area contributed by atoms with Gasteiger partial charge in [-0.3, -0.25) is 10.1 Å². The van der Waals surface area contributed by atoms with Crippen molar-refractivity contribution in [2.75, 3.05) is 0 Å². The number of thiocarbonyl (C=S) groups is 1. The predicted molar refractivity (Wildman–Crippen MR) is 84.5 cm³/mol. The molecule has 0 aliphatic rings. The molecule has 0 aliphatic carbocycles. The molecule has 2 rings (SSSR count). The molecule has 20 heavy (non-hydrogen) atoms. The van der Waals surface area contributed by atoms with Gasteiger partial charge in [0.2, 0.25) is 0 Å². The van der Waals surface area contributed by atoms with Gasteiger partial charge in [0.05, 0.1) is 0 Å². The lowest BCUT2D eigenvalue weighted by Crippen LogP contribution is -2.35. The van der Waals surface area contributed by atoms with Gasteiger partial charge in [0.1, 0.15) is 0 Å². The molecule has 0 aliphatic heterocycles. The van der Waals surface area contributed by atoms with Gasteiger partial charge in [-0.15, -0.1) is 0 Å². The van der Waals surface area contributed by atoms with E-state index in [1.165, 1.54) is 5.56 Å². The molecular weight excluding hydrogens is 268 g/mol. The molecule has 0 unspecified atom stereocenters. The van der Waals surface area contributed by atoms with Gasteiger partial charge in [-0.05, 0) is 42.3 Å². The summed E-state index contributed by atoms with van der Waals surface area (Å²) in [7, 11) is 0. The highest BCUT2D eigenvalue weighted by Crippen LogP contribution is 2.12. The van der Waals surface area contributed by atoms with E-state index in [9.17, 15) is 4.79 Å². The van der Waals surface area contributed by atoms with Gasteiger partial charge in [-0.25, -0.2) is 0 Å². The molecule has 3 N–H and O–H groups in total. The highest BCUT2D eigenvalue weighted by molar-refractivity contribution is 7.80. The van der Waals surface area contributed by atoms with Crippen LogP contribution in [0.25, 0.3) is 0 Å². The zero-order chi connectivity index (χ0) is 14.4. The molecule has 0 radical (unpaired) electrons. The van der Waals surface area contributed by atoms with E-state index in [4.69, 9.17) is 18.0 Å². The lowest BCUT2D eigenvalue weighted by molar-refractivity contribution is 0.0976. The van der Waals surface area contributed by atoms with Gasteiger partial charge in [0.15, 0.2) is 5.11 Å². The van der Waals surface area contributed by atoms with E-state index >= 15 is 0 Å². The number of nitrogens with two attached hydrogens (primary N) is 1. The van der Waals surface area contributed by atoms with Crippen LogP contribution in [0.5, 0.6) is 0 Å². The first-order valence-corrected chi connectivity index (χ1v) is 6.80. The van der Waals surface area contributed by atoms with Crippen LogP contribution in [0.15, 0.2) is 54.6 Å². The van der Waals surface area contributed by atoms with E-state index in [0.717, 1.165) is 18.4 Å². The third-order valence-corrected chi connectivity index (χ3v) is 3.13. The minimum absolute atomic E-state index is 0.00661. The third kappa shape index (κ3) is 3.90. The molecule has 1 amide bonds. The van der Waals surface area contributed by atoms with E-state index in [0.29, 0.717) is 5.56 Å². The van der Waals surface area contributed by atoms with Gasteiger partial charge in [0, 0.05) is 5.56 Å². The summed E-state index contributed by atoms with van der Waals surface area (Å²) in [6, 6.07) is 17.7. The van der Waals surface area contributed by atoms with E-state index in [1.807, 2.05) is 36.4 Å². The summed E-state index contributed by atoms with van der Waals surface area (Å²) in [6.07, 6.45) is 1.68. The number of amides is 1. The maximum Gasteiger partial charge on any atom is 0.257 e. The van der Waals surface area contributed by atoms with Crippen LogP contribution in [0.1, 0.15) is 21.5 Å². The molecule has 0 bridgehead atoms. The van der Waals surface area contributed by atoms with Crippen LogP contribution < -0.4 is 11.1 Å². The van der Waals surface area contributed by atoms with Gasteiger partial charge in [0.25, 0.3) is 5.91 Å². The summed E-state index contributed by atoms with van der Waals surface area (Å²) in [6.45, 7) is 0.